The smallest absolute Gasteiger partial charge is 0.308 e. The first-order chi connectivity index (χ1) is 14.3. The SMILES string of the molecule is CC(=O)Oc1cccc(C(=O)N2CCCN(C(=O)C3CC(=O)N(C(C)C)C3)CC2)c1. The van der Waals surface area contributed by atoms with Gasteiger partial charge in [0.2, 0.25) is 11.8 Å². The van der Waals surface area contributed by atoms with Gasteiger partial charge in [0.15, 0.2) is 0 Å². The van der Waals surface area contributed by atoms with Crippen molar-refractivity contribution in [3.05, 3.63) is 29.8 Å². The molecule has 0 bridgehead atoms. The minimum Gasteiger partial charge on any atom is -0.427 e. The number of nitrogens with zero attached hydrogens (tertiary/aromatic N) is 3. The summed E-state index contributed by atoms with van der Waals surface area (Å²) in [6, 6.07) is 6.65. The van der Waals surface area contributed by atoms with Gasteiger partial charge in [-0.25, -0.2) is 0 Å². The quantitative estimate of drug-likeness (QED) is 0.550. The van der Waals surface area contributed by atoms with Crippen molar-refractivity contribution < 1.29 is 23.9 Å². The fourth-order valence-electron chi connectivity index (χ4n) is 4.04. The molecular weight excluding hydrogens is 386 g/mol. The number of carbonyl (C=O) groups excluding carboxylic acids is 4. The lowest BCUT2D eigenvalue weighted by Gasteiger charge is -2.25. The van der Waals surface area contributed by atoms with E-state index in [9.17, 15) is 19.2 Å². The summed E-state index contributed by atoms with van der Waals surface area (Å²) in [5.74, 6) is -0.534. The van der Waals surface area contributed by atoms with Gasteiger partial charge in [0.05, 0.1) is 5.92 Å². The minimum absolute atomic E-state index is 0.00217. The molecule has 2 aliphatic rings. The summed E-state index contributed by atoms with van der Waals surface area (Å²) in [5.41, 5.74) is 0.447. The van der Waals surface area contributed by atoms with Crippen molar-refractivity contribution in [3.8, 4) is 5.75 Å². The number of esters is 1. The van der Waals surface area contributed by atoms with E-state index in [1.807, 2.05) is 13.8 Å². The monoisotopic (exact) mass is 415 g/mol. The summed E-state index contributed by atoms with van der Waals surface area (Å²) in [4.78, 5) is 54.4. The van der Waals surface area contributed by atoms with Gasteiger partial charge >= 0.3 is 5.97 Å². The molecular formula is C22H29N3O5. The van der Waals surface area contributed by atoms with Crippen molar-refractivity contribution in [2.75, 3.05) is 32.7 Å². The number of hydrogen-bond acceptors (Lipinski definition) is 5. The maximum absolute atomic E-state index is 13.0. The normalized spacial score (nSPS) is 19.8. The molecule has 1 aromatic rings. The van der Waals surface area contributed by atoms with Crippen LogP contribution in [0.4, 0.5) is 0 Å². The van der Waals surface area contributed by atoms with E-state index in [2.05, 4.69) is 0 Å². The van der Waals surface area contributed by atoms with Crippen LogP contribution in [0.3, 0.4) is 0 Å². The average molecular weight is 415 g/mol. The number of benzene rings is 1. The Morgan fingerprint density at radius 2 is 1.77 bits per heavy atom. The number of carbonyl (C=O) groups is 4. The molecule has 8 nitrogen and oxygen atoms in total. The van der Waals surface area contributed by atoms with E-state index in [-0.39, 0.29) is 36.1 Å². The van der Waals surface area contributed by atoms with Gasteiger partial charge < -0.3 is 19.4 Å². The average Bonchev–Trinajstić information content (AvgIpc) is 2.93. The van der Waals surface area contributed by atoms with Gasteiger partial charge in [-0.3, -0.25) is 19.2 Å². The lowest BCUT2D eigenvalue weighted by molar-refractivity contribution is -0.135. The zero-order valence-corrected chi connectivity index (χ0v) is 17.8. The Kier molecular flexibility index (Phi) is 6.74. The second-order valence-corrected chi connectivity index (χ2v) is 8.13. The van der Waals surface area contributed by atoms with Gasteiger partial charge in [0.1, 0.15) is 5.75 Å². The van der Waals surface area contributed by atoms with Crippen molar-refractivity contribution in [3.63, 3.8) is 0 Å². The predicted octanol–water partition coefficient (Wildman–Crippen LogP) is 1.54. The molecule has 1 atom stereocenters. The van der Waals surface area contributed by atoms with Gasteiger partial charge in [-0.2, -0.15) is 0 Å². The molecule has 2 heterocycles. The number of likely N-dealkylation sites (tertiary alicyclic amines) is 1. The number of rotatable bonds is 4. The lowest BCUT2D eigenvalue weighted by Crippen LogP contribution is -2.41. The summed E-state index contributed by atoms with van der Waals surface area (Å²) in [6.45, 7) is 7.68. The van der Waals surface area contributed by atoms with E-state index >= 15 is 0 Å². The van der Waals surface area contributed by atoms with Gasteiger partial charge in [-0.05, 0) is 38.5 Å². The molecule has 0 aromatic heterocycles. The molecule has 0 spiro atoms. The minimum atomic E-state index is -0.440. The Morgan fingerprint density at radius 1 is 1.07 bits per heavy atom. The highest BCUT2D eigenvalue weighted by Gasteiger charge is 2.38. The topological polar surface area (TPSA) is 87.2 Å². The number of ether oxygens (including phenoxy) is 1. The van der Waals surface area contributed by atoms with E-state index in [1.54, 1.807) is 39.0 Å². The van der Waals surface area contributed by atoms with E-state index in [0.29, 0.717) is 50.5 Å². The molecule has 0 radical (unpaired) electrons. The zero-order valence-electron chi connectivity index (χ0n) is 17.8. The van der Waals surface area contributed by atoms with Crippen molar-refractivity contribution in [1.82, 2.24) is 14.7 Å². The number of amides is 3. The maximum Gasteiger partial charge on any atom is 0.308 e. The van der Waals surface area contributed by atoms with Crippen LogP contribution in [-0.2, 0) is 14.4 Å². The van der Waals surface area contributed by atoms with Crippen LogP contribution in [0.1, 0.15) is 44.0 Å². The lowest BCUT2D eigenvalue weighted by atomic mass is 10.1. The number of hydrogen-bond donors (Lipinski definition) is 0. The molecule has 2 aliphatic heterocycles. The zero-order chi connectivity index (χ0) is 21.8. The third-order valence-electron chi connectivity index (χ3n) is 5.57. The molecule has 162 valence electrons. The van der Waals surface area contributed by atoms with Crippen molar-refractivity contribution in [1.29, 1.82) is 0 Å². The fraction of sp³-hybridized carbons (Fsp3) is 0.545. The van der Waals surface area contributed by atoms with Gasteiger partial charge in [0, 0.05) is 57.7 Å². The molecule has 3 rings (SSSR count). The summed E-state index contributed by atoms with van der Waals surface area (Å²) in [6.07, 6.45) is 0.939. The third-order valence-corrected chi connectivity index (χ3v) is 5.57. The summed E-state index contributed by atoms with van der Waals surface area (Å²) in [7, 11) is 0. The highest BCUT2D eigenvalue weighted by molar-refractivity contribution is 5.95. The van der Waals surface area contributed by atoms with Crippen LogP contribution < -0.4 is 4.74 Å². The van der Waals surface area contributed by atoms with Crippen LogP contribution in [0.25, 0.3) is 0 Å². The molecule has 1 unspecified atom stereocenters. The van der Waals surface area contributed by atoms with Crippen LogP contribution in [0.5, 0.6) is 5.75 Å². The maximum atomic E-state index is 13.0. The van der Waals surface area contributed by atoms with Gasteiger partial charge in [0.25, 0.3) is 5.91 Å². The van der Waals surface area contributed by atoms with E-state index in [4.69, 9.17) is 4.74 Å². The second-order valence-electron chi connectivity index (χ2n) is 8.13. The molecule has 3 amide bonds. The van der Waals surface area contributed by atoms with Crippen LogP contribution in [-0.4, -0.2) is 77.2 Å². The van der Waals surface area contributed by atoms with Crippen LogP contribution in [0.15, 0.2) is 24.3 Å². The predicted molar refractivity (Wildman–Crippen MR) is 110 cm³/mol. The Hall–Kier alpha value is -2.90. The molecule has 2 saturated heterocycles. The molecule has 1 aromatic carbocycles. The Balaban J connectivity index is 1.61. The summed E-state index contributed by atoms with van der Waals surface area (Å²) in [5, 5.41) is 0. The van der Waals surface area contributed by atoms with E-state index in [0.717, 1.165) is 0 Å². The molecule has 2 fully saturated rings. The third kappa shape index (κ3) is 4.98. The van der Waals surface area contributed by atoms with Crippen LogP contribution in [0, 0.1) is 5.92 Å². The second kappa shape index (κ2) is 9.28. The first kappa shape index (κ1) is 21.8. The molecule has 0 aliphatic carbocycles. The van der Waals surface area contributed by atoms with E-state index < -0.39 is 5.97 Å². The highest BCUT2D eigenvalue weighted by atomic mass is 16.5. The molecule has 0 saturated carbocycles. The first-order valence-electron chi connectivity index (χ1n) is 10.4. The first-order valence-corrected chi connectivity index (χ1v) is 10.4. The summed E-state index contributed by atoms with van der Waals surface area (Å²) >= 11 is 0. The van der Waals surface area contributed by atoms with Crippen molar-refractivity contribution in [2.24, 2.45) is 5.92 Å². The Bertz CT molecular complexity index is 838. The molecule has 30 heavy (non-hydrogen) atoms. The summed E-state index contributed by atoms with van der Waals surface area (Å²) < 4.78 is 5.06. The van der Waals surface area contributed by atoms with Crippen LogP contribution >= 0.6 is 0 Å². The van der Waals surface area contributed by atoms with Crippen molar-refractivity contribution in [2.45, 2.75) is 39.7 Å². The van der Waals surface area contributed by atoms with E-state index in [1.165, 1.54) is 6.92 Å². The Morgan fingerprint density at radius 3 is 2.43 bits per heavy atom. The molecule has 8 heteroatoms. The Labute approximate surface area is 176 Å². The van der Waals surface area contributed by atoms with Crippen molar-refractivity contribution >= 4 is 23.7 Å². The van der Waals surface area contributed by atoms with Gasteiger partial charge in [-0.15, -0.1) is 0 Å². The highest BCUT2D eigenvalue weighted by Crippen LogP contribution is 2.23. The fourth-order valence-corrected chi connectivity index (χ4v) is 4.04. The molecule has 0 N–H and O–H groups in total. The van der Waals surface area contributed by atoms with Crippen LogP contribution in [0.2, 0.25) is 0 Å². The van der Waals surface area contributed by atoms with Gasteiger partial charge in [-0.1, -0.05) is 6.07 Å². The largest absolute Gasteiger partial charge is 0.427 e. The standard InChI is InChI=1S/C22H29N3O5/c1-15(2)25-14-18(13-20(25)27)22(29)24-9-5-8-23(10-11-24)21(28)17-6-4-7-19(12-17)30-16(3)26/h4,6-7,12,15,18H,5,8-11,13-14H2,1-3H3.